The molecule has 0 aliphatic heterocycles. The van der Waals surface area contributed by atoms with Crippen molar-refractivity contribution < 1.29 is 4.79 Å². The van der Waals surface area contributed by atoms with Gasteiger partial charge in [0.1, 0.15) is 0 Å². The van der Waals surface area contributed by atoms with E-state index in [4.69, 9.17) is 10.7 Å². The van der Waals surface area contributed by atoms with Crippen LogP contribution in [0.4, 0.5) is 0 Å². The molecule has 1 aromatic heterocycles. The van der Waals surface area contributed by atoms with Gasteiger partial charge in [-0.25, -0.2) is 0 Å². The van der Waals surface area contributed by atoms with Gasteiger partial charge in [-0.05, 0) is 56.9 Å². The van der Waals surface area contributed by atoms with Crippen molar-refractivity contribution in [3.8, 4) is 0 Å². The Hall–Kier alpha value is -1.46. The molecule has 1 aliphatic carbocycles. The molecule has 1 heterocycles. The van der Waals surface area contributed by atoms with E-state index in [0.29, 0.717) is 12.5 Å². The highest BCUT2D eigenvalue weighted by Gasteiger charge is 2.29. The maximum Gasteiger partial charge on any atom is 0.252 e. The average molecular weight is 376 g/mol. The van der Waals surface area contributed by atoms with E-state index < -0.39 is 0 Å². The van der Waals surface area contributed by atoms with Crippen LogP contribution in [0.25, 0.3) is 10.9 Å². The number of fused-ring (bicyclic) bond motifs is 1. The number of carbonyl (C=O) groups excluding carboxylic acids is 1. The number of benzene rings is 1. The standard InChI is InChI=1S/C18H22BrN3O/c1-10(20)7-8-21-18(23)16-11(2)17(12-3-4-12)22-15-6-5-13(19)9-14(15)16/h5-6,9-10,12H,3-4,7-8,20H2,1-2H3,(H,21,23). The molecule has 122 valence electrons. The van der Waals surface area contributed by atoms with Crippen LogP contribution in [0.3, 0.4) is 0 Å². The molecular formula is C18H22BrN3O. The number of nitrogens with one attached hydrogen (secondary N) is 1. The number of rotatable bonds is 5. The maximum atomic E-state index is 12.8. The van der Waals surface area contributed by atoms with E-state index in [2.05, 4.69) is 21.2 Å². The van der Waals surface area contributed by atoms with Gasteiger partial charge < -0.3 is 11.1 Å². The van der Waals surface area contributed by atoms with Crippen LogP contribution >= 0.6 is 15.9 Å². The van der Waals surface area contributed by atoms with Gasteiger partial charge in [-0.2, -0.15) is 0 Å². The number of nitrogens with two attached hydrogens (primary N) is 1. The van der Waals surface area contributed by atoms with E-state index in [0.717, 1.165) is 38.6 Å². The highest BCUT2D eigenvalue weighted by Crippen LogP contribution is 2.42. The van der Waals surface area contributed by atoms with Crippen LogP contribution in [-0.4, -0.2) is 23.5 Å². The van der Waals surface area contributed by atoms with E-state index >= 15 is 0 Å². The van der Waals surface area contributed by atoms with Crippen molar-refractivity contribution in [1.29, 1.82) is 0 Å². The lowest BCUT2D eigenvalue weighted by Crippen LogP contribution is -2.29. The zero-order chi connectivity index (χ0) is 16.6. The zero-order valence-electron chi connectivity index (χ0n) is 13.5. The predicted molar refractivity (Wildman–Crippen MR) is 96.8 cm³/mol. The van der Waals surface area contributed by atoms with Gasteiger partial charge in [0.15, 0.2) is 0 Å². The molecule has 0 radical (unpaired) electrons. The minimum absolute atomic E-state index is 0.0319. The average Bonchev–Trinajstić information content (AvgIpc) is 3.30. The number of halogens is 1. The van der Waals surface area contributed by atoms with Crippen molar-refractivity contribution in [2.24, 2.45) is 5.73 Å². The lowest BCUT2D eigenvalue weighted by Gasteiger charge is -2.15. The Morgan fingerprint density at radius 3 is 2.87 bits per heavy atom. The van der Waals surface area contributed by atoms with E-state index in [1.807, 2.05) is 32.0 Å². The molecule has 3 N–H and O–H groups in total. The van der Waals surface area contributed by atoms with Crippen LogP contribution in [0.2, 0.25) is 0 Å². The summed E-state index contributed by atoms with van der Waals surface area (Å²) in [6.45, 7) is 4.55. The van der Waals surface area contributed by atoms with Gasteiger partial charge in [0.25, 0.3) is 5.91 Å². The molecule has 0 saturated heterocycles. The molecule has 1 amide bonds. The Balaban J connectivity index is 2.03. The molecule has 0 bridgehead atoms. The van der Waals surface area contributed by atoms with E-state index in [1.54, 1.807) is 0 Å². The van der Waals surface area contributed by atoms with Crippen LogP contribution in [-0.2, 0) is 0 Å². The minimum atomic E-state index is -0.0319. The van der Waals surface area contributed by atoms with Crippen molar-refractivity contribution in [3.63, 3.8) is 0 Å². The number of hydrogen-bond acceptors (Lipinski definition) is 3. The second-order valence-corrected chi connectivity index (χ2v) is 7.37. The molecule has 1 atom stereocenters. The third-order valence-corrected chi connectivity index (χ3v) is 4.80. The van der Waals surface area contributed by atoms with E-state index in [-0.39, 0.29) is 11.9 Å². The third kappa shape index (κ3) is 3.56. The molecule has 1 aliphatic rings. The van der Waals surface area contributed by atoms with Crippen LogP contribution in [0.15, 0.2) is 22.7 Å². The van der Waals surface area contributed by atoms with E-state index in [1.165, 1.54) is 12.8 Å². The fraction of sp³-hybridized carbons (Fsp3) is 0.444. The normalized spacial score (nSPS) is 15.7. The third-order valence-electron chi connectivity index (χ3n) is 4.30. The summed E-state index contributed by atoms with van der Waals surface area (Å²) in [7, 11) is 0. The van der Waals surface area contributed by atoms with Gasteiger partial charge in [0.05, 0.1) is 11.1 Å². The second kappa shape index (κ2) is 6.57. The Bertz CT molecular complexity index is 754. The summed E-state index contributed by atoms with van der Waals surface area (Å²) in [6, 6.07) is 6.01. The predicted octanol–water partition coefficient (Wildman–Crippen LogP) is 3.65. The summed E-state index contributed by atoms with van der Waals surface area (Å²) in [6.07, 6.45) is 3.11. The van der Waals surface area contributed by atoms with Crippen molar-refractivity contribution in [3.05, 3.63) is 39.5 Å². The van der Waals surface area contributed by atoms with Gasteiger partial charge >= 0.3 is 0 Å². The van der Waals surface area contributed by atoms with E-state index in [9.17, 15) is 4.79 Å². The summed E-state index contributed by atoms with van der Waals surface area (Å²) in [4.78, 5) is 17.6. The highest BCUT2D eigenvalue weighted by atomic mass is 79.9. The number of carbonyl (C=O) groups is 1. The Labute approximate surface area is 145 Å². The summed E-state index contributed by atoms with van der Waals surface area (Å²) in [5.41, 5.74) is 9.49. The van der Waals surface area contributed by atoms with Crippen LogP contribution in [0.1, 0.15) is 53.7 Å². The molecule has 3 rings (SSSR count). The Morgan fingerprint density at radius 2 is 2.22 bits per heavy atom. The first kappa shape index (κ1) is 16.4. The number of hydrogen-bond donors (Lipinski definition) is 2. The monoisotopic (exact) mass is 375 g/mol. The second-order valence-electron chi connectivity index (χ2n) is 6.45. The Kier molecular flexibility index (Phi) is 4.69. The molecule has 23 heavy (non-hydrogen) atoms. The zero-order valence-corrected chi connectivity index (χ0v) is 15.1. The molecule has 4 nitrogen and oxygen atoms in total. The van der Waals surface area contributed by atoms with Gasteiger partial charge in [0, 0.05) is 34.1 Å². The molecule has 2 aromatic rings. The summed E-state index contributed by atoms with van der Waals surface area (Å²) in [5.74, 6) is 0.481. The topological polar surface area (TPSA) is 68.0 Å². The lowest BCUT2D eigenvalue weighted by molar-refractivity contribution is 0.0953. The van der Waals surface area contributed by atoms with Gasteiger partial charge in [-0.15, -0.1) is 0 Å². The first-order valence-electron chi connectivity index (χ1n) is 8.11. The fourth-order valence-electron chi connectivity index (χ4n) is 2.90. The molecule has 1 unspecified atom stereocenters. The highest BCUT2D eigenvalue weighted by molar-refractivity contribution is 9.10. The number of nitrogens with zero attached hydrogens (tertiary/aromatic N) is 1. The van der Waals surface area contributed by atoms with Crippen LogP contribution < -0.4 is 11.1 Å². The lowest BCUT2D eigenvalue weighted by atomic mass is 9.98. The largest absolute Gasteiger partial charge is 0.352 e. The molecule has 1 aromatic carbocycles. The van der Waals surface area contributed by atoms with Gasteiger partial charge in [-0.1, -0.05) is 15.9 Å². The van der Waals surface area contributed by atoms with Gasteiger partial charge in [-0.3, -0.25) is 9.78 Å². The Morgan fingerprint density at radius 1 is 1.48 bits per heavy atom. The number of amides is 1. The van der Waals surface area contributed by atoms with Gasteiger partial charge in [0.2, 0.25) is 0 Å². The molecule has 1 fully saturated rings. The van der Waals surface area contributed by atoms with Crippen molar-refractivity contribution >= 4 is 32.7 Å². The summed E-state index contributed by atoms with van der Waals surface area (Å²) in [5, 5.41) is 3.91. The first-order valence-corrected chi connectivity index (χ1v) is 8.90. The van der Waals surface area contributed by atoms with Crippen LogP contribution in [0, 0.1) is 6.92 Å². The quantitative estimate of drug-likeness (QED) is 0.837. The number of aromatic nitrogens is 1. The fourth-order valence-corrected chi connectivity index (χ4v) is 3.26. The van der Waals surface area contributed by atoms with Crippen molar-refractivity contribution in [1.82, 2.24) is 10.3 Å². The molecular weight excluding hydrogens is 354 g/mol. The minimum Gasteiger partial charge on any atom is -0.352 e. The van der Waals surface area contributed by atoms with Crippen LogP contribution in [0.5, 0.6) is 0 Å². The number of pyridine rings is 1. The SMILES string of the molecule is Cc1c(C2CC2)nc2ccc(Br)cc2c1C(=O)NCCC(C)N. The summed E-state index contributed by atoms with van der Waals surface area (Å²) < 4.78 is 0.954. The first-order chi connectivity index (χ1) is 11.0. The molecule has 1 saturated carbocycles. The smallest absolute Gasteiger partial charge is 0.252 e. The summed E-state index contributed by atoms with van der Waals surface area (Å²) >= 11 is 3.50. The van der Waals surface area contributed by atoms with Crippen molar-refractivity contribution in [2.75, 3.05) is 6.54 Å². The molecule has 0 spiro atoms. The molecule has 5 heteroatoms. The maximum absolute atomic E-state index is 12.8. The van der Waals surface area contributed by atoms with Crippen molar-refractivity contribution in [2.45, 2.75) is 45.1 Å².